The molecule has 26 heavy (non-hydrogen) atoms. The molecule has 2 N–H and O–H groups in total. The molecule has 1 aliphatic rings. The van der Waals surface area contributed by atoms with Gasteiger partial charge in [0.2, 0.25) is 5.91 Å². The van der Waals surface area contributed by atoms with Gasteiger partial charge in [-0.15, -0.1) is 0 Å². The standard InChI is InChI=1S/C20H23N3O3/c1-2-26-18-11-4-3-10-17(18)22-20(25)21-15-8-7-9-16(14-15)23-13-6-5-12-19(23)24/h3-4,7-11,14H,2,5-6,12-13H2,1H3,(H2,21,22,25). The van der Waals surface area contributed by atoms with E-state index in [4.69, 9.17) is 4.74 Å². The van der Waals surface area contributed by atoms with E-state index in [1.54, 1.807) is 17.0 Å². The SMILES string of the molecule is CCOc1ccccc1NC(=O)Nc1cccc(N2CCCCC2=O)c1. The zero-order chi connectivity index (χ0) is 18.4. The molecule has 1 aliphatic heterocycles. The van der Waals surface area contributed by atoms with Gasteiger partial charge >= 0.3 is 6.03 Å². The molecule has 0 radical (unpaired) electrons. The van der Waals surface area contributed by atoms with Crippen LogP contribution in [0.4, 0.5) is 21.9 Å². The van der Waals surface area contributed by atoms with Crippen LogP contribution in [0.25, 0.3) is 0 Å². The molecule has 1 heterocycles. The maximum atomic E-state index is 12.3. The summed E-state index contributed by atoms with van der Waals surface area (Å²) in [5.74, 6) is 0.751. The third kappa shape index (κ3) is 4.33. The Morgan fingerprint density at radius 2 is 1.96 bits per heavy atom. The number of para-hydroxylation sites is 2. The van der Waals surface area contributed by atoms with E-state index in [1.165, 1.54) is 0 Å². The minimum absolute atomic E-state index is 0.128. The van der Waals surface area contributed by atoms with Crippen LogP contribution in [0, 0.1) is 0 Å². The third-order valence-corrected chi connectivity index (χ3v) is 4.17. The molecule has 2 aromatic rings. The molecule has 0 aliphatic carbocycles. The van der Waals surface area contributed by atoms with Gasteiger partial charge in [0, 0.05) is 24.3 Å². The predicted octanol–water partition coefficient (Wildman–Crippen LogP) is 4.25. The lowest BCUT2D eigenvalue weighted by atomic mass is 10.1. The van der Waals surface area contributed by atoms with Gasteiger partial charge < -0.3 is 20.3 Å². The fourth-order valence-corrected chi connectivity index (χ4v) is 2.97. The quantitative estimate of drug-likeness (QED) is 0.844. The number of nitrogens with one attached hydrogen (secondary N) is 2. The van der Waals surface area contributed by atoms with E-state index in [2.05, 4.69) is 10.6 Å². The fourth-order valence-electron chi connectivity index (χ4n) is 2.97. The highest BCUT2D eigenvalue weighted by Gasteiger charge is 2.19. The smallest absolute Gasteiger partial charge is 0.323 e. The second kappa shape index (κ2) is 8.38. The lowest BCUT2D eigenvalue weighted by Crippen LogP contribution is -2.35. The summed E-state index contributed by atoms with van der Waals surface area (Å²) in [6, 6.07) is 14.3. The van der Waals surface area contributed by atoms with E-state index in [1.807, 2.05) is 43.3 Å². The van der Waals surface area contributed by atoms with Crippen LogP contribution < -0.4 is 20.3 Å². The van der Waals surface area contributed by atoms with E-state index < -0.39 is 0 Å². The number of carbonyl (C=O) groups excluding carboxylic acids is 2. The molecule has 6 nitrogen and oxygen atoms in total. The number of rotatable bonds is 5. The van der Waals surface area contributed by atoms with Crippen LogP contribution >= 0.6 is 0 Å². The molecule has 0 unspecified atom stereocenters. The fraction of sp³-hybridized carbons (Fsp3) is 0.300. The molecule has 136 valence electrons. The monoisotopic (exact) mass is 353 g/mol. The van der Waals surface area contributed by atoms with Crippen molar-refractivity contribution < 1.29 is 14.3 Å². The first-order valence-corrected chi connectivity index (χ1v) is 8.87. The molecule has 0 saturated carbocycles. The Morgan fingerprint density at radius 3 is 2.77 bits per heavy atom. The highest BCUT2D eigenvalue weighted by molar-refractivity contribution is 6.01. The Kier molecular flexibility index (Phi) is 5.73. The first-order chi connectivity index (χ1) is 12.7. The topological polar surface area (TPSA) is 70.7 Å². The normalized spacial score (nSPS) is 14.0. The molecule has 1 fully saturated rings. The summed E-state index contributed by atoms with van der Waals surface area (Å²) in [6.07, 6.45) is 2.51. The molecule has 0 atom stereocenters. The molecule has 3 rings (SSSR count). The Balaban J connectivity index is 1.68. The van der Waals surface area contributed by atoms with E-state index >= 15 is 0 Å². The van der Waals surface area contributed by atoms with Gasteiger partial charge in [-0.25, -0.2) is 4.79 Å². The van der Waals surface area contributed by atoms with Crippen LogP contribution in [0.2, 0.25) is 0 Å². The van der Waals surface area contributed by atoms with Gasteiger partial charge in [-0.2, -0.15) is 0 Å². The largest absolute Gasteiger partial charge is 0.492 e. The summed E-state index contributed by atoms with van der Waals surface area (Å²) in [7, 11) is 0. The number of carbonyl (C=O) groups is 2. The maximum absolute atomic E-state index is 12.3. The van der Waals surface area contributed by atoms with Gasteiger partial charge in [-0.3, -0.25) is 4.79 Å². The number of benzene rings is 2. The van der Waals surface area contributed by atoms with Crippen LogP contribution in [-0.4, -0.2) is 25.1 Å². The molecule has 1 saturated heterocycles. The highest BCUT2D eigenvalue weighted by Crippen LogP contribution is 2.26. The number of anilines is 3. The van der Waals surface area contributed by atoms with Crippen molar-refractivity contribution in [1.82, 2.24) is 0 Å². The molecule has 6 heteroatoms. The Hall–Kier alpha value is -3.02. The molecular formula is C20H23N3O3. The number of urea groups is 1. The number of nitrogens with zero attached hydrogens (tertiary/aromatic N) is 1. The molecule has 0 spiro atoms. The number of hydrogen-bond acceptors (Lipinski definition) is 3. The van der Waals surface area contributed by atoms with E-state index in [-0.39, 0.29) is 11.9 Å². The van der Waals surface area contributed by atoms with Gasteiger partial charge in [-0.05, 0) is 50.1 Å². The highest BCUT2D eigenvalue weighted by atomic mass is 16.5. The molecule has 0 bridgehead atoms. The average Bonchev–Trinajstić information content (AvgIpc) is 2.64. The van der Waals surface area contributed by atoms with Gasteiger partial charge in [0.05, 0.1) is 12.3 Å². The Morgan fingerprint density at radius 1 is 1.12 bits per heavy atom. The lowest BCUT2D eigenvalue weighted by Gasteiger charge is -2.27. The minimum Gasteiger partial charge on any atom is -0.492 e. The van der Waals surface area contributed by atoms with Crippen molar-refractivity contribution >= 4 is 29.0 Å². The van der Waals surface area contributed by atoms with Crippen LogP contribution in [0.15, 0.2) is 48.5 Å². The Bertz CT molecular complexity index is 791. The van der Waals surface area contributed by atoms with Crippen molar-refractivity contribution in [1.29, 1.82) is 0 Å². The first-order valence-electron chi connectivity index (χ1n) is 8.87. The summed E-state index contributed by atoms with van der Waals surface area (Å²) in [5, 5.41) is 5.61. The second-order valence-electron chi connectivity index (χ2n) is 6.06. The van der Waals surface area contributed by atoms with E-state index in [0.717, 1.165) is 25.1 Å². The van der Waals surface area contributed by atoms with E-state index in [0.29, 0.717) is 30.2 Å². The summed E-state index contributed by atoms with van der Waals surface area (Å²) in [5.41, 5.74) is 2.05. The number of piperidine rings is 1. The Labute approximate surface area is 153 Å². The zero-order valence-electron chi connectivity index (χ0n) is 14.8. The number of hydrogen-bond donors (Lipinski definition) is 2. The lowest BCUT2D eigenvalue weighted by molar-refractivity contribution is -0.119. The van der Waals surface area contributed by atoms with Gasteiger partial charge in [0.1, 0.15) is 5.75 Å². The minimum atomic E-state index is -0.362. The summed E-state index contributed by atoms with van der Waals surface area (Å²) < 4.78 is 5.51. The summed E-state index contributed by atoms with van der Waals surface area (Å²) >= 11 is 0. The average molecular weight is 353 g/mol. The predicted molar refractivity (Wildman–Crippen MR) is 103 cm³/mol. The molecule has 3 amide bonds. The first kappa shape index (κ1) is 17.8. The molecule has 0 aromatic heterocycles. The van der Waals surface area contributed by atoms with E-state index in [9.17, 15) is 9.59 Å². The van der Waals surface area contributed by atoms with Crippen molar-refractivity contribution in [2.75, 3.05) is 28.7 Å². The second-order valence-corrected chi connectivity index (χ2v) is 6.06. The van der Waals surface area contributed by atoms with Crippen molar-refractivity contribution in [3.8, 4) is 5.75 Å². The molecule has 2 aromatic carbocycles. The third-order valence-electron chi connectivity index (χ3n) is 4.17. The van der Waals surface area contributed by atoms with Crippen molar-refractivity contribution in [2.24, 2.45) is 0 Å². The van der Waals surface area contributed by atoms with Crippen LogP contribution in [0.3, 0.4) is 0 Å². The van der Waals surface area contributed by atoms with Crippen molar-refractivity contribution in [3.05, 3.63) is 48.5 Å². The maximum Gasteiger partial charge on any atom is 0.323 e. The number of amides is 3. The summed E-state index contributed by atoms with van der Waals surface area (Å²) in [6.45, 7) is 3.13. The van der Waals surface area contributed by atoms with Crippen molar-refractivity contribution in [3.63, 3.8) is 0 Å². The van der Waals surface area contributed by atoms with Crippen LogP contribution in [0.5, 0.6) is 5.75 Å². The summed E-state index contributed by atoms with van der Waals surface area (Å²) in [4.78, 5) is 26.2. The van der Waals surface area contributed by atoms with Crippen LogP contribution in [-0.2, 0) is 4.79 Å². The van der Waals surface area contributed by atoms with Crippen molar-refractivity contribution in [2.45, 2.75) is 26.2 Å². The van der Waals surface area contributed by atoms with Gasteiger partial charge in [-0.1, -0.05) is 18.2 Å². The van der Waals surface area contributed by atoms with Gasteiger partial charge in [0.15, 0.2) is 0 Å². The van der Waals surface area contributed by atoms with Gasteiger partial charge in [0.25, 0.3) is 0 Å². The number of ether oxygens (including phenoxy) is 1. The molecular weight excluding hydrogens is 330 g/mol. The van der Waals surface area contributed by atoms with Crippen LogP contribution in [0.1, 0.15) is 26.2 Å². The zero-order valence-corrected chi connectivity index (χ0v) is 14.8.